The van der Waals surface area contributed by atoms with Crippen LogP contribution in [-0.2, 0) is 29.7 Å². The van der Waals surface area contributed by atoms with E-state index in [1.165, 1.54) is 0 Å². The maximum absolute atomic E-state index is 13.4. The molecule has 9 heteroatoms. The molecule has 5 nitrogen and oxygen atoms in total. The van der Waals surface area contributed by atoms with Crippen LogP contribution < -0.4 is 0 Å². The van der Waals surface area contributed by atoms with Crippen LogP contribution in [0.2, 0.25) is 41.3 Å². The summed E-state index contributed by atoms with van der Waals surface area (Å²) >= 11 is 7.85. The largest absolute Gasteiger partial charge is 0.490 e. The summed E-state index contributed by atoms with van der Waals surface area (Å²) in [5.74, 6) is 0.308. The number of esters is 1. The van der Waals surface area contributed by atoms with Crippen molar-refractivity contribution in [2.45, 2.75) is 109 Å². The quantitative estimate of drug-likeness (QED) is 0.243. The third-order valence-corrected chi connectivity index (χ3v) is 18.7. The van der Waals surface area contributed by atoms with Gasteiger partial charge in [-0.2, -0.15) is 0 Å². The molecule has 2 aromatic rings. The molecule has 0 radical (unpaired) electrons. The number of hydrogen-bond acceptors (Lipinski definition) is 6. The van der Waals surface area contributed by atoms with Crippen LogP contribution in [0.1, 0.15) is 52.8 Å². The van der Waals surface area contributed by atoms with E-state index in [9.17, 15) is 4.79 Å². The van der Waals surface area contributed by atoms with Gasteiger partial charge in [-0.3, -0.25) is 0 Å². The Kier molecular flexibility index (Phi) is 7.39. The van der Waals surface area contributed by atoms with Crippen LogP contribution in [0.5, 0.6) is 0 Å². The summed E-state index contributed by atoms with van der Waals surface area (Å²) < 4.78 is 27.2. The van der Waals surface area contributed by atoms with Crippen molar-refractivity contribution in [2.75, 3.05) is 0 Å². The van der Waals surface area contributed by atoms with Gasteiger partial charge in [-0.1, -0.05) is 59.2 Å². The fraction of sp³-hybridized carbons (Fsp3) is 0.607. The molecular weight excluding hydrogens is 540 g/mol. The molecule has 4 rings (SSSR count). The van der Waals surface area contributed by atoms with E-state index in [2.05, 4.69) is 73.8 Å². The van der Waals surface area contributed by atoms with Crippen molar-refractivity contribution in [1.29, 1.82) is 0 Å². The lowest BCUT2D eigenvalue weighted by atomic mass is 9.89. The zero-order chi connectivity index (χ0) is 27.6. The summed E-state index contributed by atoms with van der Waals surface area (Å²) in [6, 6.07) is 8.02. The van der Waals surface area contributed by atoms with Crippen LogP contribution in [0.25, 0.3) is 10.1 Å². The number of halogens is 1. The van der Waals surface area contributed by atoms with Gasteiger partial charge in [-0.05, 0) is 65.9 Å². The third-order valence-electron chi connectivity index (χ3n) is 8.49. The van der Waals surface area contributed by atoms with Crippen molar-refractivity contribution in [3.63, 3.8) is 0 Å². The van der Waals surface area contributed by atoms with Crippen molar-refractivity contribution in [2.24, 2.45) is 0 Å². The average Bonchev–Trinajstić information content (AvgIpc) is 3.25. The number of rotatable bonds is 7. The molecule has 0 saturated carbocycles. The molecule has 2 aliphatic rings. The average molecular weight is 581 g/mol. The summed E-state index contributed by atoms with van der Waals surface area (Å²) in [6.45, 7) is 22.3. The zero-order valence-electron chi connectivity index (χ0n) is 23.8. The van der Waals surface area contributed by atoms with E-state index in [4.69, 9.17) is 29.9 Å². The van der Waals surface area contributed by atoms with Crippen molar-refractivity contribution in [3.8, 4) is 0 Å². The summed E-state index contributed by atoms with van der Waals surface area (Å²) in [6.07, 6.45) is 1.44. The van der Waals surface area contributed by atoms with E-state index >= 15 is 0 Å². The van der Waals surface area contributed by atoms with Gasteiger partial charge in [0.25, 0.3) is 0 Å². The normalized spacial score (nSPS) is 24.8. The molecule has 0 spiro atoms. The van der Waals surface area contributed by atoms with Crippen molar-refractivity contribution in [1.82, 2.24) is 0 Å². The van der Waals surface area contributed by atoms with Gasteiger partial charge < -0.3 is 18.3 Å². The fourth-order valence-electron chi connectivity index (χ4n) is 4.20. The Morgan fingerprint density at radius 2 is 1.70 bits per heavy atom. The molecule has 1 aromatic carbocycles. The molecule has 2 bridgehead atoms. The standard InChI is InChI=1S/C28H41ClO5SSi2/c1-26(2,3)36(7,8)33-24-21(31-17-20-13-18-11-12-19(29)14-23(18)35-20)15-28(16-22(24)32-25(28)30)34-37(9,10)27(4,5)6/h11-15,22,24H,16-17H2,1-10H3/t22-,24-,28+/m1/s1. The number of benzene rings is 1. The van der Waals surface area contributed by atoms with E-state index in [-0.39, 0.29) is 16.0 Å². The molecular formula is C28H41ClO5SSi2. The Morgan fingerprint density at radius 3 is 2.32 bits per heavy atom. The third kappa shape index (κ3) is 5.61. The summed E-state index contributed by atoms with van der Waals surface area (Å²) in [5, 5.41) is 1.80. The molecule has 1 aliphatic carbocycles. The number of carbonyl (C=O) groups is 1. The molecule has 1 aliphatic heterocycles. The Bertz CT molecular complexity index is 1220. The first-order valence-electron chi connectivity index (χ1n) is 13.0. The van der Waals surface area contributed by atoms with Gasteiger partial charge in [-0.25, -0.2) is 4.79 Å². The summed E-state index contributed by atoms with van der Waals surface area (Å²) in [4.78, 5) is 14.5. The second kappa shape index (κ2) is 9.49. The number of fused-ring (bicyclic) bond motifs is 3. The van der Waals surface area contributed by atoms with Crippen LogP contribution in [0.4, 0.5) is 0 Å². The molecule has 2 heterocycles. The van der Waals surface area contributed by atoms with Gasteiger partial charge in [-0.15, -0.1) is 11.3 Å². The highest BCUT2D eigenvalue weighted by molar-refractivity contribution is 7.19. The lowest BCUT2D eigenvalue weighted by Crippen LogP contribution is -2.54. The lowest BCUT2D eigenvalue weighted by molar-refractivity contribution is -0.151. The highest BCUT2D eigenvalue weighted by atomic mass is 35.5. The Hall–Kier alpha value is -1.17. The minimum atomic E-state index is -2.29. The molecule has 0 unspecified atom stereocenters. The van der Waals surface area contributed by atoms with Crippen LogP contribution in [-0.4, -0.2) is 40.4 Å². The van der Waals surface area contributed by atoms with Gasteiger partial charge in [0, 0.05) is 21.0 Å². The maximum Gasteiger partial charge on any atom is 0.342 e. The second-order valence-corrected chi connectivity index (χ2v) is 24.5. The minimum Gasteiger partial charge on any atom is -0.490 e. The Labute approximate surface area is 232 Å². The number of ether oxygens (including phenoxy) is 2. The van der Waals surface area contributed by atoms with Gasteiger partial charge in [0.2, 0.25) is 0 Å². The lowest BCUT2D eigenvalue weighted by Gasteiger charge is -2.44. The summed E-state index contributed by atoms with van der Waals surface area (Å²) in [7, 11) is -4.48. The van der Waals surface area contributed by atoms with E-state index in [1.807, 2.05) is 24.3 Å². The first-order valence-corrected chi connectivity index (χ1v) is 20.0. The van der Waals surface area contributed by atoms with E-state index in [0.717, 1.165) is 20.0 Å². The predicted octanol–water partition coefficient (Wildman–Crippen LogP) is 8.44. The van der Waals surface area contributed by atoms with Crippen LogP contribution in [0.3, 0.4) is 0 Å². The minimum absolute atomic E-state index is 0.00234. The van der Waals surface area contributed by atoms with Crippen LogP contribution in [0.15, 0.2) is 36.1 Å². The van der Waals surface area contributed by atoms with E-state index in [1.54, 1.807) is 11.3 Å². The van der Waals surface area contributed by atoms with Crippen LogP contribution >= 0.6 is 22.9 Å². The highest BCUT2D eigenvalue weighted by Crippen LogP contribution is 2.49. The molecule has 0 amide bonds. The molecule has 1 saturated heterocycles. The van der Waals surface area contributed by atoms with Gasteiger partial charge in [0.1, 0.15) is 24.6 Å². The first-order chi connectivity index (χ1) is 16.8. The van der Waals surface area contributed by atoms with E-state index < -0.39 is 34.4 Å². The number of hydrogen-bond donors (Lipinski definition) is 0. The second-order valence-electron chi connectivity index (χ2n) is 13.4. The molecule has 0 N–H and O–H groups in total. The van der Waals surface area contributed by atoms with E-state index in [0.29, 0.717) is 18.8 Å². The van der Waals surface area contributed by atoms with Crippen LogP contribution in [0, 0.1) is 0 Å². The van der Waals surface area contributed by atoms with Gasteiger partial charge in [0.15, 0.2) is 22.2 Å². The molecule has 204 valence electrons. The van der Waals surface area contributed by atoms with Crippen molar-refractivity contribution < 1.29 is 23.1 Å². The predicted molar refractivity (Wildman–Crippen MR) is 157 cm³/mol. The van der Waals surface area contributed by atoms with Gasteiger partial charge >= 0.3 is 5.97 Å². The highest BCUT2D eigenvalue weighted by Gasteiger charge is 2.60. The SMILES string of the molecule is CC(C)(C)[Si](C)(C)O[C@@H]1C(OCc2cc3ccc(Cl)cc3s2)=C[C@]2(O[Si](C)(C)C(C)(C)C)C[C@H]1OC2=O. The molecule has 37 heavy (non-hydrogen) atoms. The molecule has 3 atom stereocenters. The first kappa shape index (κ1) is 28.8. The van der Waals surface area contributed by atoms with Crippen molar-refractivity contribution in [3.05, 3.63) is 46.0 Å². The Balaban J connectivity index is 1.69. The summed E-state index contributed by atoms with van der Waals surface area (Å²) in [5.41, 5.74) is -1.13. The zero-order valence-corrected chi connectivity index (χ0v) is 27.4. The molecule has 1 aromatic heterocycles. The van der Waals surface area contributed by atoms with Crippen molar-refractivity contribution >= 4 is 55.6 Å². The topological polar surface area (TPSA) is 54.0 Å². The number of carbonyl (C=O) groups excluding carboxylic acids is 1. The fourth-order valence-corrected chi connectivity index (χ4v) is 8.15. The molecule has 1 fully saturated rings. The maximum atomic E-state index is 13.4. The smallest absolute Gasteiger partial charge is 0.342 e. The van der Waals surface area contributed by atoms with Gasteiger partial charge in [0.05, 0.1) is 0 Å². The number of thiophene rings is 1. The Morgan fingerprint density at radius 1 is 1.05 bits per heavy atom. The monoisotopic (exact) mass is 580 g/mol.